The molecule has 0 atom stereocenters. The van der Waals surface area contributed by atoms with Crippen LogP contribution in [0, 0.1) is 0 Å². The molecule has 0 aliphatic carbocycles. The standard InChI is InChI=1S/C12H20N4O2/c1-3-16(8-6-11(13)15-17)9-10-5-4-7-14-12(10)18-2/h4-5,7,17H,3,6,8-9H2,1-2H3,(H2,13,15). The summed E-state index contributed by atoms with van der Waals surface area (Å²) in [5, 5.41) is 11.5. The van der Waals surface area contributed by atoms with Gasteiger partial charge in [0.05, 0.1) is 7.11 Å². The Bertz CT molecular complexity index is 395. The molecule has 3 N–H and O–H groups in total. The van der Waals surface area contributed by atoms with E-state index in [0.717, 1.165) is 25.2 Å². The van der Waals surface area contributed by atoms with E-state index < -0.39 is 0 Å². The van der Waals surface area contributed by atoms with Crippen LogP contribution in [0.5, 0.6) is 5.88 Å². The number of hydrogen-bond acceptors (Lipinski definition) is 5. The fourth-order valence-electron chi connectivity index (χ4n) is 1.64. The molecule has 0 bridgehead atoms. The maximum absolute atomic E-state index is 8.51. The molecule has 0 saturated heterocycles. The van der Waals surface area contributed by atoms with Gasteiger partial charge in [0.15, 0.2) is 0 Å². The Kier molecular flexibility index (Phi) is 5.93. The van der Waals surface area contributed by atoms with Crippen LogP contribution < -0.4 is 10.5 Å². The summed E-state index contributed by atoms with van der Waals surface area (Å²) >= 11 is 0. The number of oxime groups is 1. The van der Waals surface area contributed by atoms with Crippen molar-refractivity contribution < 1.29 is 9.94 Å². The molecule has 1 heterocycles. The van der Waals surface area contributed by atoms with Crippen molar-refractivity contribution in [3.63, 3.8) is 0 Å². The van der Waals surface area contributed by atoms with Gasteiger partial charge in [0.25, 0.3) is 0 Å². The average molecular weight is 252 g/mol. The second kappa shape index (κ2) is 7.50. The number of rotatable bonds is 7. The lowest BCUT2D eigenvalue weighted by atomic mass is 10.2. The molecule has 6 heteroatoms. The lowest BCUT2D eigenvalue weighted by molar-refractivity contribution is 0.276. The highest BCUT2D eigenvalue weighted by atomic mass is 16.5. The maximum Gasteiger partial charge on any atom is 0.217 e. The molecule has 18 heavy (non-hydrogen) atoms. The molecule has 0 aliphatic heterocycles. The van der Waals surface area contributed by atoms with Crippen LogP contribution in [0.15, 0.2) is 23.5 Å². The lowest BCUT2D eigenvalue weighted by Crippen LogP contribution is -2.28. The number of methoxy groups -OCH3 is 1. The second-order valence-corrected chi connectivity index (χ2v) is 3.88. The Hall–Kier alpha value is -1.82. The monoisotopic (exact) mass is 252 g/mol. The van der Waals surface area contributed by atoms with Crippen molar-refractivity contribution in [3.05, 3.63) is 23.9 Å². The van der Waals surface area contributed by atoms with Crippen LogP contribution in [0.25, 0.3) is 0 Å². The summed E-state index contributed by atoms with van der Waals surface area (Å²) in [4.78, 5) is 6.34. The quantitative estimate of drug-likeness (QED) is 0.328. The van der Waals surface area contributed by atoms with Gasteiger partial charge < -0.3 is 15.7 Å². The SMILES string of the molecule is CCN(CCC(N)=NO)Cc1cccnc1OC. The first-order valence-corrected chi connectivity index (χ1v) is 5.87. The first-order valence-electron chi connectivity index (χ1n) is 5.87. The van der Waals surface area contributed by atoms with Gasteiger partial charge in [-0.15, -0.1) is 0 Å². The number of pyridine rings is 1. The predicted octanol–water partition coefficient (Wildman–Crippen LogP) is 1.05. The molecule has 100 valence electrons. The van der Waals surface area contributed by atoms with Crippen molar-refractivity contribution in [3.8, 4) is 5.88 Å². The Labute approximate surface area is 107 Å². The maximum atomic E-state index is 8.51. The minimum atomic E-state index is 0.242. The van der Waals surface area contributed by atoms with Gasteiger partial charge in [-0.05, 0) is 12.6 Å². The summed E-state index contributed by atoms with van der Waals surface area (Å²) in [6, 6.07) is 3.87. The molecule has 0 aromatic carbocycles. The molecule has 6 nitrogen and oxygen atoms in total. The van der Waals surface area contributed by atoms with E-state index in [0.29, 0.717) is 12.3 Å². The highest BCUT2D eigenvalue weighted by Gasteiger charge is 2.09. The normalized spacial score (nSPS) is 11.8. The summed E-state index contributed by atoms with van der Waals surface area (Å²) in [6.07, 6.45) is 2.24. The van der Waals surface area contributed by atoms with Crippen LogP contribution >= 0.6 is 0 Å². The summed E-state index contributed by atoms with van der Waals surface area (Å²) < 4.78 is 5.21. The highest BCUT2D eigenvalue weighted by Crippen LogP contribution is 2.15. The second-order valence-electron chi connectivity index (χ2n) is 3.88. The molecule has 1 aromatic rings. The van der Waals surface area contributed by atoms with Gasteiger partial charge in [-0.3, -0.25) is 4.90 Å². The van der Waals surface area contributed by atoms with E-state index in [9.17, 15) is 0 Å². The Balaban J connectivity index is 2.62. The first-order chi connectivity index (χ1) is 8.71. The molecule has 0 fully saturated rings. The van der Waals surface area contributed by atoms with Crippen molar-refractivity contribution in [2.24, 2.45) is 10.9 Å². The molecule has 0 saturated carbocycles. The summed E-state index contributed by atoms with van der Waals surface area (Å²) in [5.41, 5.74) is 6.49. The Morgan fingerprint density at radius 1 is 1.61 bits per heavy atom. The minimum absolute atomic E-state index is 0.242. The van der Waals surface area contributed by atoms with Crippen LogP contribution in [0.2, 0.25) is 0 Å². The van der Waals surface area contributed by atoms with E-state index in [-0.39, 0.29) is 5.84 Å². The third-order valence-corrected chi connectivity index (χ3v) is 2.70. The van der Waals surface area contributed by atoms with Gasteiger partial charge >= 0.3 is 0 Å². The Morgan fingerprint density at radius 2 is 2.39 bits per heavy atom. The van der Waals surface area contributed by atoms with E-state index in [1.165, 1.54) is 0 Å². The van der Waals surface area contributed by atoms with Crippen molar-refractivity contribution in [2.45, 2.75) is 19.9 Å². The first kappa shape index (κ1) is 14.2. The number of amidine groups is 1. The van der Waals surface area contributed by atoms with Crippen LogP contribution in [0.1, 0.15) is 18.9 Å². The molecule has 0 spiro atoms. The number of aromatic nitrogens is 1. The Morgan fingerprint density at radius 3 is 3.00 bits per heavy atom. The number of hydrogen-bond donors (Lipinski definition) is 2. The zero-order chi connectivity index (χ0) is 13.4. The predicted molar refractivity (Wildman–Crippen MR) is 69.8 cm³/mol. The van der Waals surface area contributed by atoms with E-state index >= 15 is 0 Å². The van der Waals surface area contributed by atoms with Crippen molar-refractivity contribution >= 4 is 5.84 Å². The van der Waals surface area contributed by atoms with Crippen LogP contribution in [-0.2, 0) is 6.54 Å². The molecule has 0 amide bonds. The zero-order valence-corrected chi connectivity index (χ0v) is 10.8. The molecule has 1 aromatic heterocycles. The largest absolute Gasteiger partial charge is 0.481 e. The van der Waals surface area contributed by atoms with E-state index in [1.807, 2.05) is 12.1 Å². The number of ether oxygens (including phenoxy) is 1. The molecular weight excluding hydrogens is 232 g/mol. The summed E-state index contributed by atoms with van der Waals surface area (Å²) in [7, 11) is 1.61. The fraction of sp³-hybridized carbons (Fsp3) is 0.500. The molecule has 1 rings (SSSR count). The summed E-state index contributed by atoms with van der Waals surface area (Å²) in [5.74, 6) is 0.881. The number of nitrogens with two attached hydrogens (primary N) is 1. The van der Waals surface area contributed by atoms with Crippen LogP contribution in [0.4, 0.5) is 0 Å². The van der Waals surface area contributed by atoms with Gasteiger partial charge in [0.1, 0.15) is 5.84 Å². The van der Waals surface area contributed by atoms with E-state index in [1.54, 1.807) is 13.3 Å². The third kappa shape index (κ3) is 4.21. The van der Waals surface area contributed by atoms with E-state index in [2.05, 4.69) is 22.0 Å². The van der Waals surface area contributed by atoms with E-state index in [4.69, 9.17) is 15.7 Å². The molecule has 0 unspecified atom stereocenters. The molecule has 0 radical (unpaired) electrons. The zero-order valence-electron chi connectivity index (χ0n) is 10.8. The van der Waals surface area contributed by atoms with Crippen LogP contribution in [-0.4, -0.2) is 41.1 Å². The minimum Gasteiger partial charge on any atom is -0.481 e. The van der Waals surface area contributed by atoms with Crippen LogP contribution in [0.3, 0.4) is 0 Å². The van der Waals surface area contributed by atoms with Gasteiger partial charge in [-0.1, -0.05) is 18.1 Å². The fourth-order valence-corrected chi connectivity index (χ4v) is 1.64. The van der Waals surface area contributed by atoms with Crippen molar-refractivity contribution in [2.75, 3.05) is 20.2 Å². The average Bonchev–Trinajstić information content (AvgIpc) is 2.43. The van der Waals surface area contributed by atoms with Crippen molar-refractivity contribution in [1.29, 1.82) is 0 Å². The molecular formula is C12H20N4O2. The number of nitrogens with zero attached hydrogens (tertiary/aromatic N) is 3. The van der Waals surface area contributed by atoms with Crippen molar-refractivity contribution in [1.82, 2.24) is 9.88 Å². The van der Waals surface area contributed by atoms with Gasteiger partial charge in [0, 0.05) is 31.3 Å². The smallest absolute Gasteiger partial charge is 0.217 e. The highest BCUT2D eigenvalue weighted by molar-refractivity contribution is 5.79. The molecule has 0 aliphatic rings. The van der Waals surface area contributed by atoms with Gasteiger partial charge in [-0.25, -0.2) is 4.98 Å². The van der Waals surface area contributed by atoms with Gasteiger partial charge in [0.2, 0.25) is 5.88 Å². The topological polar surface area (TPSA) is 84.0 Å². The summed E-state index contributed by atoms with van der Waals surface area (Å²) in [6.45, 7) is 4.39. The third-order valence-electron chi connectivity index (χ3n) is 2.70. The van der Waals surface area contributed by atoms with Gasteiger partial charge in [-0.2, -0.15) is 0 Å². The lowest BCUT2D eigenvalue weighted by Gasteiger charge is -2.20.